The van der Waals surface area contributed by atoms with Gasteiger partial charge < -0.3 is 0 Å². The van der Waals surface area contributed by atoms with E-state index in [1.54, 1.807) is 0 Å². The van der Waals surface area contributed by atoms with Gasteiger partial charge in [0.2, 0.25) is 0 Å². The largest absolute Gasteiger partial charge is 0.447 e. The molecule has 0 aromatic rings. The fourth-order valence-corrected chi connectivity index (χ4v) is 0.324. The molecule has 0 atom stereocenters. The Morgan fingerprint density at radius 1 is 0.750 bits per heavy atom. The van der Waals surface area contributed by atoms with Crippen molar-refractivity contribution in [3.05, 3.63) is 0 Å². The van der Waals surface area contributed by atoms with Crippen molar-refractivity contribution in [2.45, 2.75) is 18.1 Å². The molecule has 0 saturated carbocycles. The molecule has 0 aliphatic rings. The van der Waals surface area contributed by atoms with Crippen molar-refractivity contribution >= 4 is 0 Å². The summed E-state index contributed by atoms with van der Waals surface area (Å²) in [6, 6.07) is 0. The Balaban J connectivity index is 4.95. The lowest BCUT2D eigenvalue weighted by atomic mass is 10.2. The monoisotopic (exact) mass is 200 g/mol. The van der Waals surface area contributed by atoms with Crippen molar-refractivity contribution in [1.82, 2.24) is 5.43 Å². The average Bonchev–Trinajstić information content (AvgIpc) is 1.81. The lowest BCUT2D eigenvalue weighted by molar-refractivity contribution is -0.352. The molecular formula is C3H3F7N2. The van der Waals surface area contributed by atoms with Gasteiger partial charge in [-0.1, -0.05) is 0 Å². The molecule has 0 aliphatic heterocycles. The van der Waals surface area contributed by atoms with Gasteiger partial charge in [0.15, 0.2) is 0 Å². The normalized spacial score (nSPS) is 15.0. The van der Waals surface area contributed by atoms with Crippen LogP contribution in [0.3, 0.4) is 0 Å². The van der Waals surface area contributed by atoms with Crippen molar-refractivity contribution in [1.29, 1.82) is 0 Å². The van der Waals surface area contributed by atoms with Gasteiger partial charge in [0.25, 0.3) is 0 Å². The van der Waals surface area contributed by atoms with Crippen molar-refractivity contribution in [3.63, 3.8) is 0 Å². The lowest BCUT2D eigenvalue weighted by Crippen LogP contribution is -2.65. The molecule has 0 rings (SSSR count). The number of hydrazine groups is 1. The first kappa shape index (κ1) is 11.4. The van der Waals surface area contributed by atoms with Crippen LogP contribution in [0.5, 0.6) is 0 Å². The summed E-state index contributed by atoms with van der Waals surface area (Å²) < 4.78 is 80.2. The Bertz CT molecular complexity index is 143. The van der Waals surface area contributed by atoms with Crippen LogP contribution in [0.1, 0.15) is 0 Å². The zero-order valence-electron chi connectivity index (χ0n) is 5.22. The molecule has 0 amide bonds. The van der Waals surface area contributed by atoms with Crippen LogP contribution >= 0.6 is 0 Å². The highest BCUT2D eigenvalue weighted by Crippen LogP contribution is 2.43. The van der Waals surface area contributed by atoms with Crippen LogP contribution in [-0.2, 0) is 0 Å². The van der Waals surface area contributed by atoms with E-state index >= 15 is 0 Å². The molecule has 0 bridgehead atoms. The Morgan fingerprint density at radius 3 is 1.00 bits per heavy atom. The maximum Gasteiger partial charge on any atom is 0.447 e. The maximum atomic E-state index is 12.0. The standard InChI is InChI=1S/C3H3F7N2/c4-1(12-11,2(5,6)7)3(8,9)10/h12H,11H2. The van der Waals surface area contributed by atoms with Gasteiger partial charge in [-0.25, -0.2) is 9.82 Å². The Hall–Kier alpha value is -0.570. The van der Waals surface area contributed by atoms with Gasteiger partial charge in [0.1, 0.15) is 0 Å². The van der Waals surface area contributed by atoms with E-state index in [1.165, 1.54) is 0 Å². The number of hydrogen-bond acceptors (Lipinski definition) is 2. The number of rotatable bonds is 1. The molecule has 0 fully saturated rings. The minimum atomic E-state index is -6.14. The molecule has 0 aromatic carbocycles. The van der Waals surface area contributed by atoms with E-state index in [1.807, 2.05) is 0 Å². The SMILES string of the molecule is NNC(F)(C(F)(F)F)C(F)(F)F. The zero-order chi connectivity index (χ0) is 10.2. The first-order valence-electron chi connectivity index (χ1n) is 2.36. The van der Waals surface area contributed by atoms with Gasteiger partial charge in [0, 0.05) is 0 Å². The summed E-state index contributed by atoms with van der Waals surface area (Å²) in [5, 5.41) is 0. The molecule has 74 valence electrons. The topological polar surface area (TPSA) is 38.0 Å². The molecule has 0 aliphatic carbocycles. The highest BCUT2D eigenvalue weighted by molar-refractivity contribution is 4.89. The molecule has 0 spiro atoms. The highest BCUT2D eigenvalue weighted by Gasteiger charge is 2.72. The molecule has 12 heavy (non-hydrogen) atoms. The summed E-state index contributed by atoms with van der Waals surface area (Å²) in [5.74, 6) is -1.74. The summed E-state index contributed by atoms with van der Waals surface area (Å²) >= 11 is 0. The van der Waals surface area contributed by atoms with Gasteiger partial charge in [-0.15, -0.1) is 0 Å². The van der Waals surface area contributed by atoms with Crippen molar-refractivity contribution in [2.75, 3.05) is 0 Å². The third-order valence-corrected chi connectivity index (χ3v) is 0.980. The fourth-order valence-electron chi connectivity index (χ4n) is 0.324. The smallest absolute Gasteiger partial charge is 0.268 e. The van der Waals surface area contributed by atoms with E-state index in [2.05, 4.69) is 5.84 Å². The zero-order valence-corrected chi connectivity index (χ0v) is 5.22. The molecule has 0 heterocycles. The van der Waals surface area contributed by atoms with Gasteiger partial charge in [0.05, 0.1) is 0 Å². The van der Waals surface area contributed by atoms with Crippen LogP contribution < -0.4 is 11.3 Å². The van der Waals surface area contributed by atoms with E-state index in [0.717, 1.165) is 0 Å². The van der Waals surface area contributed by atoms with E-state index < -0.39 is 18.1 Å². The van der Waals surface area contributed by atoms with Crippen LogP contribution in [0, 0.1) is 0 Å². The quantitative estimate of drug-likeness (QED) is 0.289. The molecule has 0 unspecified atom stereocenters. The Kier molecular flexibility index (Phi) is 2.60. The minimum Gasteiger partial charge on any atom is -0.268 e. The van der Waals surface area contributed by atoms with E-state index in [0.29, 0.717) is 0 Å². The van der Waals surface area contributed by atoms with Crippen LogP contribution in [-0.4, -0.2) is 18.1 Å². The molecular weight excluding hydrogens is 197 g/mol. The number of nitrogens with one attached hydrogen (secondary N) is 1. The highest BCUT2D eigenvalue weighted by atomic mass is 19.4. The van der Waals surface area contributed by atoms with Gasteiger partial charge >= 0.3 is 18.1 Å². The van der Waals surface area contributed by atoms with E-state index in [9.17, 15) is 30.7 Å². The second-order valence-corrected chi connectivity index (χ2v) is 1.80. The third kappa shape index (κ3) is 1.61. The van der Waals surface area contributed by atoms with Gasteiger partial charge in [-0.05, 0) is 0 Å². The summed E-state index contributed by atoms with van der Waals surface area (Å²) in [7, 11) is 0. The van der Waals surface area contributed by atoms with E-state index in [4.69, 9.17) is 0 Å². The summed E-state index contributed by atoms with van der Waals surface area (Å²) in [5.41, 5.74) is 0.0417. The number of nitrogens with two attached hydrogens (primary N) is 1. The van der Waals surface area contributed by atoms with Crippen molar-refractivity contribution < 1.29 is 30.7 Å². The first-order valence-corrected chi connectivity index (χ1v) is 2.36. The Labute approximate surface area is 61.5 Å². The number of hydrogen-bond donors (Lipinski definition) is 2. The molecule has 3 N–H and O–H groups in total. The number of halogens is 7. The van der Waals surface area contributed by atoms with E-state index in [-0.39, 0.29) is 5.43 Å². The third-order valence-electron chi connectivity index (χ3n) is 0.980. The van der Waals surface area contributed by atoms with Crippen LogP contribution in [0.4, 0.5) is 30.7 Å². The van der Waals surface area contributed by atoms with Gasteiger partial charge in [-0.3, -0.25) is 5.84 Å². The first-order chi connectivity index (χ1) is 5.06. The second kappa shape index (κ2) is 2.73. The summed E-state index contributed by atoms with van der Waals surface area (Å²) in [6.07, 6.45) is -12.3. The molecule has 0 saturated heterocycles. The molecule has 0 aromatic heterocycles. The molecule has 2 nitrogen and oxygen atoms in total. The van der Waals surface area contributed by atoms with Crippen molar-refractivity contribution in [2.24, 2.45) is 5.84 Å². The van der Waals surface area contributed by atoms with Crippen molar-refractivity contribution in [3.8, 4) is 0 Å². The summed E-state index contributed by atoms with van der Waals surface area (Å²) in [4.78, 5) is 0. The average molecular weight is 200 g/mol. The van der Waals surface area contributed by atoms with Gasteiger partial charge in [-0.2, -0.15) is 26.3 Å². The number of alkyl halides is 7. The predicted octanol–water partition coefficient (Wildman–Crippen LogP) is 1.24. The second-order valence-electron chi connectivity index (χ2n) is 1.80. The fraction of sp³-hybridized carbons (Fsp3) is 1.00. The molecule has 9 heteroatoms. The predicted molar refractivity (Wildman–Crippen MR) is 23.3 cm³/mol. The maximum absolute atomic E-state index is 12.0. The summed E-state index contributed by atoms with van der Waals surface area (Å²) in [6.45, 7) is 0. The van der Waals surface area contributed by atoms with Crippen LogP contribution in [0.2, 0.25) is 0 Å². The molecule has 0 radical (unpaired) electrons. The minimum absolute atomic E-state index is 0.0417. The van der Waals surface area contributed by atoms with Crippen LogP contribution in [0.25, 0.3) is 0 Å². The van der Waals surface area contributed by atoms with Crippen LogP contribution in [0.15, 0.2) is 0 Å². The lowest BCUT2D eigenvalue weighted by Gasteiger charge is -2.28. The Morgan fingerprint density at radius 2 is 1.00 bits per heavy atom.